The molecule has 0 fully saturated rings. The van der Waals surface area contributed by atoms with Gasteiger partial charge < -0.3 is 14.8 Å². The molecule has 4 nitrogen and oxygen atoms in total. The molecule has 0 aliphatic rings. The third-order valence-electron chi connectivity index (χ3n) is 3.78. The lowest BCUT2D eigenvalue weighted by Gasteiger charge is -2.30. The molecule has 0 unspecified atom stereocenters. The van der Waals surface area contributed by atoms with Gasteiger partial charge in [0.2, 0.25) is 0 Å². The number of hydrogen-bond acceptors (Lipinski definition) is 4. The van der Waals surface area contributed by atoms with Crippen LogP contribution in [0.5, 0.6) is 5.75 Å². The maximum Gasteiger partial charge on any atom is 0.434 e. The molecule has 0 radical (unpaired) electrons. The van der Waals surface area contributed by atoms with Crippen molar-refractivity contribution in [3.63, 3.8) is 0 Å². The number of hydrogen-bond donors (Lipinski definition) is 1. The van der Waals surface area contributed by atoms with Gasteiger partial charge in [-0.25, -0.2) is 4.79 Å². The Bertz CT molecular complexity index is 649. The van der Waals surface area contributed by atoms with Crippen LogP contribution in [0.1, 0.15) is 39.0 Å². The molecular formula is C19H24F3NO3. The summed E-state index contributed by atoms with van der Waals surface area (Å²) < 4.78 is 51.0. The minimum absolute atomic E-state index is 0.00184. The van der Waals surface area contributed by atoms with Gasteiger partial charge in [-0.05, 0) is 18.6 Å². The van der Waals surface area contributed by atoms with E-state index in [-0.39, 0.29) is 17.9 Å². The van der Waals surface area contributed by atoms with E-state index in [1.165, 1.54) is 25.3 Å². The molecule has 144 valence electrons. The fraction of sp³-hybridized carbons (Fsp3) is 0.526. The quantitative estimate of drug-likeness (QED) is 0.414. The largest absolute Gasteiger partial charge is 0.495 e. The molecular weight excluding hydrogens is 347 g/mol. The van der Waals surface area contributed by atoms with Crippen molar-refractivity contribution in [3.05, 3.63) is 24.3 Å². The number of nitrogens with one attached hydrogen (secondary N) is 1. The van der Waals surface area contributed by atoms with Gasteiger partial charge in [0.25, 0.3) is 5.54 Å². The first-order valence-electron chi connectivity index (χ1n) is 8.38. The van der Waals surface area contributed by atoms with Crippen molar-refractivity contribution in [2.24, 2.45) is 0 Å². The zero-order chi connectivity index (χ0) is 19.6. The lowest BCUT2D eigenvalue weighted by Crippen LogP contribution is -2.57. The zero-order valence-electron chi connectivity index (χ0n) is 15.2. The van der Waals surface area contributed by atoms with Crippen molar-refractivity contribution in [1.29, 1.82) is 0 Å². The van der Waals surface area contributed by atoms with Crippen molar-refractivity contribution in [3.8, 4) is 17.6 Å². The highest BCUT2D eigenvalue weighted by Crippen LogP contribution is 2.37. The highest BCUT2D eigenvalue weighted by atomic mass is 19.4. The molecule has 1 N–H and O–H groups in total. The highest BCUT2D eigenvalue weighted by molar-refractivity contribution is 5.90. The summed E-state index contributed by atoms with van der Waals surface area (Å²) in [6.07, 6.45) is -1.17. The summed E-state index contributed by atoms with van der Waals surface area (Å²) in [5.74, 6) is 3.22. The first-order valence-corrected chi connectivity index (χ1v) is 8.38. The van der Waals surface area contributed by atoms with Crippen LogP contribution in [0.3, 0.4) is 0 Å². The highest BCUT2D eigenvalue weighted by Gasteiger charge is 2.61. The molecule has 0 aromatic heterocycles. The molecule has 1 atom stereocenters. The van der Waals surface area contributed by atoms with E-state index in [9.17, 15) is 18.0 Å². The second-order valence-corrected chi connectivity index (χ2v) is 5.68. The van der Waals surface area contributed by atoms with Gasteiger partial charge >= 0.3 is 12.1 Å². The van der Waals surface area contributed by atoms with Crippen LogP contribution >= 0.6 is 0 Å². The normalized spacial score (nSPS) is 13.2. The topological polar surface area (TPSA) is 47.6 Å². The number of para-hydroxylation sites is 2. The van der Waals surface area contributed by atoms with Crippen molar-refractivity contribution < 1.29 is 27.4 Å². The number of methoxy groups -OCH3 is 2. The molecule has 1 aromatic rings. The van der Waals surface area contributed by atoms with Crippen LogP contribution in [-0.4, -0.2) is 31.9 Å². The minimum atomic E-state index is -4.99. The Morgan fingerprint density at radius 3 is 2.42 bits per heavy atom. The van der Waals surface area contributed by atoms with E-state index in [0.717, 1.165) is 26.4 Å². The van der Waals surface area contributed by atoms with Crippen LogP contribution in [0, 0.1) is 11.8 Å². The van der Waals surface area contributed by atoms with Crippen LogP contribution < -0.4 is 10.1 Å². The van der Waals surface area contributed by atoms with Crippen molar-refractivity contribution in [2.45, 2.75) is 50.7 Å². The standard InChI is InChI=1S/C19H24F3NO3/c1-4-5-6-7-8-11-14-18(17(24)26-3,19(20,21)22)23-15-12-9-10-13-16(15)25-2/h9-10,12-13,23H,4-8H2,1-3H3/t18-/m1/s1. The van der Waals surface area contributed by atoms with E-state index in [0.29, 0.717) is 6.42 Å². The van der Waals surface area contributed by atoms with Crippen molar-refractivity contribution in [1.82, 2.24) is 0 Å². The maximum atomic E-state index is 13.9. The van der Waals surface area contributed by atoms with Gasteiger partial charge in [-0.15, -0.1) is 0 Å². The summed E-state index contributed by atoms with van der Waals surface area (Å²) in [6, 6.07) is 6.00. The first kappa shape index (κ1) is 21.7. The Kier molecular flexibility index (Phi) is 8.30. The smallest absolute Gasteiger partial charge is 0.434 e. The van der Waals surface area contributed by atoms with Gasteiger partial charge in [0.15, 0.2) is 0 Å². The summed E-state index contributed by atoms with van der Waals surface area (Å²) in [4.78, 5) is 12.1. The number of alkyl halides is 3. The molecule has 1 rings (SSSR count). The molecule has 0 bridgehead atoms. The van der Waals surface area contributed by atoms with Gasteiger partial charge in [-0.2, -0.15) is 13.2 Å². The summed E-state index contributed by atoms with van der Waals surface area (Å²) >= 11 is 0. The molecule has 0 aliphatic carbocycles. The molecule has 0 amide bonds. The van der Waals surface area contributed by atoms with Gasteiger partial charge in [0.05, 0.1) is 19.9 Å². The third kappa shape index (κ3) is 5.32. The average Bonchev–Trinajstić information content (AvgIpc) is 2.62. The molecule has 0 spiro atoms. The van der Waals surface area contributed by atoms with Gasteiger partial charge in [0, 0.05) is 6.42 Å². The summed E-state index contributed by atoms with van der Waals surface area (Å²) in [5, 5.41) is 2.21. The fourth-order valence-corrected chi connectivity index (χ4v) is 2.33. The van der Waals surface area contributed by atoms with E-state index in [2.05, 4.69) is 21.9 Å². The van der Waals surface area contributed by atoms with Gasteiger partial charge in [0.1, 0.15) is 5.75 Å². The molecule has 0 saturated heterocycles. The predicted molar refractivity (Wildman–Crippen MR) is 94.0 cm³/mol. The SMILES string of the molecule is CCCCCCC#C[C@@](Nc1ccccc1OC)(C(=O)OC)C(F)(F)F. The Balaban J connectivity index is 3.23. The van der Waals surface area contributed by atoms with Crippen LogP contribution in [0.25, 0.3) is 0 Å². The second-order valence-electron chi connectivity index (χ2n) is 5.68. The van der Waals surface area contributed by atoms with E-state index in [4.69, 9.17) is 4.74 Å². The lowest BCUT2D eigenvalue weighted by molar-refractivity contribution is -0.187. The number of esters is 1. The summed E-state index contributed by atoms with van der Waals surface area (Å²) in [5.41, 5.74) is -3.17. The first-order chi connectivity index (χ1) is 12.3. The Hall–Kier alpha value is -2.36. The monoisotopic (exact) mass is 371 g/mol. The minimum Gasteiger partial charge on any atom is -0.495 e. The number of ether oxygens (including phenoxy) is 2. The van der Waals surface area contributed by atoms with Gasteiger partial charge in [-0.1, -0.05) is 50.2 Å². The third-order valence-corrected chi connectivity index (χ3v) is 3.78. The Morgan fingerprint density at radius 1 is 1.15 bits per heavy atom. The van der Waals surface area contributed by atoms with E-state index >= 15 is 0 Å². The number of carbonyl (C=O) groups is 1. The molecule has 0 aliphatic heterocycles. The van der Waals surface area contributed by atoms with E-state index < -0.39 is 17.7 Å². The Labute approximate surface area is 152 Å². The van der Waals surface area contributed by atoms with E-state index in [1.54, 1.807) is 6.07 Å². The average molecular weight is 371 g/mol. The lowest BCUT2D eigenvalue weighted by atomic mass is 9.98. The number of unbranched alkanes of at least 4 members (excludes halogenated alkanes) is 4. The van der Waals surface area contributed by atoms with Crippen LogP contribution in [-0.2, 0) is 9.53 Å². The van der Waals surface area contributed by atoms with Gasteiger partial charge in [-0.3, -0.25) is 0 Å². The molecule has 1 aromatic carbocycles. The van der Waals surface area contributed by atoms with Crippen molar-refractivity contribution >= 4 is 11.7 Å². The number of benzene rings is 1. The Morgan fingerprint density at radius 2 is 1.85 bits per heavy atom. The number of rotatable bonds is 8. The fourth-order valence-electron chi connectivity index (χ4n) is 2.33. The number of carbonyl (C=O) groups excluding carboxylic acids is 1. The number of anilines is 1. The summed E-state index contributed by atoms with van der Waals surface area (Å²) in [6.45, 7) is 2.04. The van der Waals surface area contributed by atoms with Crippen LogP contribution in [0.4, 0.5) is 18.9 Å². The molecule has 0 saturated carbocycles. The van der Waals surface area contributed by atoms with Crippen LogP contribution in [0.2, 0.25) is 0 Å². The second kappa shape index (κ2) is 9.95. The van der Waals surface area contributed by atoms with Crippen molar-refractivity contribution in [2.75, 3.05) is 19.5 Å². The van der Waals surface area contributed by atoms with E-state index in [1.807, 2.05) is 6.92 Å². The molecule has 26 heavy (non-hydrogen) atoms. The summed E-state index contributed by atoms with van der Waals surface area (Å²) in [7, 11) is 2.23. The van der Waals surface area contributed by atoms with Crippen LogP contribution in [0.15, 0.2) is 24.3 Å². The number of halogens is 3. The maximum absolute atomic E-state index is 13.9. The zero-order valence-corrected chi connectivity index (χ0v) is 15.2. The predicted octanol–water partition coefficient (Wildman–Crippen LogP) is 4.56. The molecule has 7 heteroatoms. The molecule has 0 heterocycles.